The third-order valence-electron chi connectivity index (χ3n) is 11.2. The zero-order valence-electron chi connectivity index (χ0n) is 25.3. The fraction of sp³-hybridized carbons (Fsp3) is 0.583. The first-order chi connectivity index (χ1) is 20.7. The number of halogens is 1. The largest absolute Gasteiger partial charge is 0.458 e. The number of aliphatic hydroxyl groups is 1. The number of esters is 1. The minimum Gasteiger partial charge on any atom is -0.458 e. The van der Waals surface area contributed by atoms with Crippen LogP contribution in [0.5, 0.6) is 0 Å². The number of benzene rings is 1. The van der Waals surface area contributed by atoms with Gasteiger partial charge in [-0.1, -0.05) is 36.5 Å². The molecule has 4 aliphatic carbocycles. The standard InChI is InChI=1S/C36H42FNO5/c1-23(40)43-22-33(42)36(14-6-18-39)15-13-31-29-20-32(37)28-19-26(41)11-12-27(28)34(29)30(21-35(31,36)2)24-7-9-25(10-8-24)38-16-4-3-5-17-38/h7-10,19,29-32,39H,3-5,11-13,15-18,20-22H2,1-2H3/t29-,30?,31-,32?,35-,36+/m0/s1. The molecule has 1 aliphatic heterocycles. The molecule has 3 fully saturated rings. The highest BCUT2D eigenvalue weighted by Gasteiger charge is 2.66. The molecule has 1 aromatic carbocycles. The van der Waals surface area contributed by atoms with Crippen LogP contribution in [0.15, 0.2) is 47.1 Å². The van der Waals surface area contributed by atoms with E-state index in [-0.39, 0.29) is 49.0 Å². The lowest BCUT2D eigenvalue weighted by atomic mass is 9.48. The fourth-order valence-electron chi connectivity index (χ4n) is 9.24. The summed E-state index contributed by atoms with van der Waals surface area (Å²) in [6.07, 6.45) is 6.95. The number of hydrogen-bond donors (Lipinski definition) is 1. The fourth-order valence-corrected chi connectivity index (χ4v) is 9.24. The molecule has 0 radical (unpaired) electrons. The molecule has 6 rings (SSSR count). The van der Waals surface area contributed by atoms with Crippen LogP contribution in [0, 0.1) is 34.5 Å². The number of ether oxygens (including phenoxy) is 1. The topological polar surface area (TPSA) is 83.9 Å². The number of rotatable bonds is 5. The quantitative estimate of drug-likeness (QED) is 0.355. The third kappa shape index (κ3) is 5.06. The monoisotopic (exact) mass is 587 g/mol. The van der Waals surface area contributed by atoms with E-state index in [1.807, 2.05) is 0 Å². The van der Waals surface area contributed by atoms with E-state index < -0.39 is 23.0 Å². The SMILES string of the molecule is CC(=O)OCC(=O)[C@@]1(C#CCO)CC[C@H]2[C@@H]3CC(F)C4=CC(=O)CCC4=C3C(c3ccc(N4CCCCC4)cc3)C[C@@]21C. The number of carbonyl (C=O) groups excluding carboxylic acids is 3. The maximum Gasteiger partial charge on any atom is 0.303 e. The van der Waals surface area contributed by atoms with Crippen LogP contribution in [-0.2, 0) is 19.1 Å². The molecule has 6 nitrogen and oxygen atoms in total. The van der Waals surface area contributed by atoms with E-state index in [1.54, 1.807) is 0 Å². The van der Waals surface area contributed by atoms with Gasteiger partial charge >= 0.3 is 5.97 Å². The lowest BCUT2D eigenvalue weighted by molar-refractivity contribution is -0.150. The number of alkyl halides is 1. The van der Waals surface area contributed by atoms with Gasteiger partial charge in [0.05, 0.1) is 5.41 Å². The molecule has 0 spiro atoms. The number of hydrogen-bond acceptors (Lipinski definition) is 6. The van der Waals surface area contributed by atoms with Gasteiger partial charge < -0.3 is 14.7 Å². The lowest BCUT2D eigenvalue weighted by Crippen LogP contribution is -2.52. The molecule has 43 heavy (non-hydrogen) atoms. The molecule has 1 aromatic rings. The van der Waals surface area contributed by atoms with Crippen LogP contribution in [0.3, 0.4) is 0 Å². The Hall–Kier alpha value is -3.24. The first kappa shape index (κ1) is 29.8. The number of allylic oxidation sites excluding steroid dienone is 4. The van der Waals surface area contributed by atoms with Crippen molar-refractivity contribution in [3.05, 3.63) is 52.6 Å². The Bertz CT molecular complexity index is 1430. The second-order valence-electron chi connectivity index (χ2n) is 13.3. The van der Waals surface area contributed by atoms with Crippen molar-refractivity contribution in [2.24, 2.45) is 22.7 Å². The average Bonchev–Trinajstić information content (AvgIpc) is 3.32. The summed E-state index contributed by atoms with van der Waals surface area (Å²) < 4.78 is 21.2. The van der Waals surface area contributed by atoms with Crippen molar-refractivity contribution in [1.29, 1.82) is 0 Å². The van der Waals surface area contributed by atoms with Crippen molar-refractivity contribution in [1.82, 2.24) is 0 Å². The first-order valence-electron chi connectivity index (χ1n) is 15.9. The molecule has 7 heteroatoms. The lowest BCUT2D eigenvalue weighted by Gasteiger charge is -2.55. The van der Waals surface area contributed by atoms with Gasteiger partial charge in [-0.25, -0.2) is 4.39 Å². The summed E-state index contributed by atoms with van der Waals surface area (Å²) in [6, 6.07) is 8.77. The zero-order chi connectivity index (χ0) is 30.4. The predicted octanol–water partition coefficient (Wildman–Crippen LogP) is 5.64. The number of ketones is 2. The number of fused-ring (bicyclic) bond motifs is 4. The van der Waals surface area contributed by atoms with Crippen molar-refractivity contribution in [3.63, 3.8) is 0 Å². The van der Waals surface area contributed by atoms with Gasteiger partial charge in [-0.05, 0) is 104 Å². The van der Waals surface area contributed by atoms with Gasteiger partial charge in [-0.3, -0.25) is 14.4 Å². The highest BCUT2D eigenvalue weighted by molar-refractivity contribution is 5.93. The summed E-state index contributed by atoms with van der Waals surface area (Å²) in [7, 11) is 0. The van der Waals surface area contributed by atoms with Crippen LogP contribution in [0.4, 0.5) is 10.1 Å². The van der Waals surface area contributed by atoms with E-state index in [0.717, 1.165) is 24.2 Å². The second kappa shape index (κ2) is 11.7. The van der Waals surface area contributed by atoms with Crippen LogP contribution in [0.2, 0.25) is 0 Å². The Morgan fingerprint density at radius 1 is 1.14 bits per heavy atom. The van der Waals surface area contributed by atoms with Crippen LogP contribution < -0.4 is 4.90 Å². The average molecular weight is 588 g/mol. The highest BCUT2D eigenvalue weighted by atomic mass is 19.1. The summed E-state index contributed by atoms with van der Waals surface area (Å²) in [4.78, 5) is 40.5. The molecular formula is C36H42FNO5. The van der Waals surface area contributed by atoms with Gasteiger partial charge in [0.15, 0.2) is 18.2 Å². The van der Waals surface area contributed by atoms with Crippen molar-refractivity contribution >= 4 is 23.2 Å². The number of aliphatic hydroxyl groups excluding tert-OH is 1. The van der Waals surface area contributed by atoms with Crippen molar-refractivity contribution in [3.8, 4) is 11.8 Å². The van der Waals surface area contributed by atoms with Crippen LogP contribution in [-0.4, -0.2) is 55.1 Å². The predicted molar refractivity (Wildman–Crippen MR) is 162 cm³/mol. The maximum absolute atomic E-state index is 16.0. The summed E-state index contributed by atoms with van der Waals surface area (Å²) in [5.41, 5.74) is 3.36. The van der Waals surface area contributed by atoms with Crippen molar-refractivity contribution < 1.29 is 28.6 Å². The molecule has 0 amide bonds. The van der Waals surface area contributed by atoms with E-state index in [1.165, 1.54) is 43.5 Å². The minimum absolute atomic E-state index is 0.00873. The molecule has 1 heterocycles. The van der Waals surface area contributed by atoms with Gasteiger partial charge in [-0.15, -0.1) is 0 Å². The van der Waals surface area contributed by atoms with Gasteiger partial charge in [0.2, 0.25) is 0 Å². The molecule has 2 saturated carbocycles. The third-order valence-corrected chi connectivity index (χ3v) is 11.2. The van der Waals surface area contributed by atoms with E-state index >= 15 is 4.39 Å². The Kier molecular flexibility index (Phi) is 8.10. The molecule has 2 unspecified atom stereocenters. The van der Waals surface area contributed by atoms with E-state index in [4.69, 9.17) is 4.74 Å². The number of Topliss-reactive ketones (excluding diaryl/α,β-unsaturated/α-hetero) is 1. The van der Waals surface area contributed by atoms with E-state index in [2.05, 4.69) is 47.9 Å². The second-order valence-corrected chi connectivity index (χ2v) is 13.3. The van der Waals surface area contributed by atoms with Crippen molar-refractivity contribution in [2.75, 3.05) is 31.2 Å². The van der Waals surface area contributed by atoms with Crippen LogP contribution >= 0.6 is 0 Å². The number of nitrogens with zero attached hydrogens (tertiary/aromatic N) is 1. The maximum atomic E-state index is 16.0. The summed E-state index contributed by atoms with van der Waals surface area (Å²) in [5, 5.41) is 9.69. The zero-order valence-corrected chi connectivity index (χ0v) is 25.3. The summed E-state index contributed by atoms with van der Waals surface area (Å²) in [6.45, 7) is 4.75. The highest BCUT2D eigenvalue weighted by Crippen LogP contribution is 2.69. The van der Waals surface area contributed by atoms with Gasteiger partial charge in [0.25, 0.3) is 0 Å². The van der Waals surface area contributed by atoms with Crippen LogP contribution in [0.1, 0.15) is 83.1 Å². The number of anilines is 1. The van der Waals surface area contributed by atoms with Crippen molar-refractivity contribution in [2.45, 2.75) is 83.7 Å². The van der Waals surface area contributed by atoms with E-state index in [0.29, 0.717) is 37.7 Å². The van der Waals surface area contributed by atoms with E-state index in [9.17, 15) is 19.5 Å². The molecule has 5 aliphatic rings. The molecule has 228 valence electrons. The van der Waals surface area contributed by atoms with Crippen LogP contribution in [0.25, 0.3) is 0 Å². The molecule has 0 bridgehead atoms. The normalized spacial score (nSPS) is 33.4. The Morgan fingerprint density at radius 3 is 2.58 bits per heavy atom. The smallest absolute Gasteiger partial charge is 0.303 e. The van der Waals surface area contributed by atoms with Gasteiger partial charge in [0.1, 0.15) is 12.8 Å². The van der Waals surface area contributed by atoms with Gasteiger partial charge in [0, 0.05) is 38.0 Å². The Balaban J connectivity index is 1.47. The Morgan fingerprint density at radius 2 is 1.88 bits per heavy atom. The molecule has 1 N–H and O–H groups in total. The summed E-state index contributed by atoms with van der Waals surface area (Å²) >= 11 is 0. The molecular weight excluding hydrogens is 545 g/mol. The molecule has 1 saturated heterocycles. The molecule has 6 atom stereocenters. The Labute approximate surface area is 253 Å². The van der Waals surface area contributed by atoms with Gasteiger partial charge in [-0.2, -0.15) is 0 Å². The number of carbonyl (C=O) groups is 3. The number of piperidine rings is 1. The first-order valence-corrected chi connectivity index (χ1v) is 15.9. The minimum atomic E-state index is -1.23. The molecule has 0 aromatic heterocycles. The summed E-state index contributed by atoms with van der Waals surface area (Å²) in [5.74, 6) is 5.01.